The summed E-state index contributed by atoms with van der Waals surface area (Å²) in [4.78, 5) is 22.0. The Morgan fingerprint density at radius 3 is 2.38 bits per heavy atom. The number of nitrogens with zero attached hydrogens (tertiary/aromatic N) is 1. The van der Waals surface area contributed by atoms with E-state index in [9.17, 15) is 14.9 Å². The van der Waals surface area contributed by atoms with Gasteiger partial charge in [0.25, 0.3) is 0 Å². The first-order valence-electron chi connectivity index (χ1n) is 5.98. The molecule has 1 unspecified atom stereocenters. The van der Waals surface area contributed by atoms with Crippen molar-refractivity contribution in [2.45, 2.75) is 51.0 Å². The normalized spacial score (nSPS) is 38.8. The lowest BCUT2D eigenvalue weighted by Crippen LogP contribution is -2.41. The van der Waals surface area contributed by atoms with E-state index in [1.807, 2.05) is 0 Å². The second-order valence-corrected chi connectivity index (χ2v) is 5.23. The van der Waals surface area contributed by atoms with Crippen molar-refractivity contribution >= 4 is 5.91 Å². The third-order valence-corrected chi connectivity index (χ3v) is 4.50. The molecule has 2 saturated carbocycles. The highest BCUT2D eigenvalue weighted by Gasteiger charge is 2.52. The van der Waals surface area contributed by atoms with Crippen LogP contribution >= 0.6 is 0 Å². The van der Waals surface area contributed by atoms with Gasteiger partial charge in [0.1, 0.15) is 0 Å². The van der Waals surface area contributed by atoms with Crippen LogP contribution in [0.1, 0.15) is 44.9 Å². The average Bonchev–Trinajstić information content (AvgIpc) is 2.62. The minimum absolute atomic E-state index is 0.0568. The quantitative estimate of drug-likeness (QED) is 0.571. The van der Waals surface area contributed by atoms with Crippen LogP contribution in [-0.4, -0.2) is 16.9 Å². The number of rotatable bonds is 2. The molecule has 5 nitrogen and oxygen atoms in total. The number of nitrogens with two attached hydrogens (primary N) is 1. The summed E-state index contributed by atoms with van der Waals surface area (Å²) in [5.41, 5.74) is 5.15. The van der Waals surface area contributed by atoms with Gasteiger partial charge in [0.15, 0.2) is 0 Å². The molecule has 2 fully saturated rings. The largest absolute Gasteiger partial charge is 0.369 e. The SMILES string of the molecule is NC(=O)C1CCC2(CCCC2[N+](=O)[O-])CC1. The van der Waals surface area contributed by atoms with Crippen molar-refractivity contribution in [2.24, 2.45) is 17.1 Å². The van der Waals surface area contributed by atoms with Crippen molar-refractivity contribution in [1.82, 2.24) is 0 Å². The van der Waals surface area contributed by atoms with Gasteiger partial charge in [0.05, 0.1) is 0 Å². The van der Waals surface area contributed by atoms with E-state index in [1.165, 1.54) is 0 Å². The zero-order valence-electron chi connectivity index (χ0n) is 9.35. The van der Waals surface area contributed by atoms with Crippen molar-refractivity contribution in [3.8, 4) is 0 Å². The van der Waals surface area contributed by atoms with Crippen LogP contribution in [0, 0.1) is 21.4 Å². The summed E-state index contributed by atoms with van der Waals surface area (Å²) >= 11 is 0. The van der Waals surface area contributed by atoms with Gasteiger partial charge in [-0.1, -0.05) is 0 Å². The summed E-state index contributed by atoms with van der Waals surface area (Å²) in [5, 5.41) is 11.0. The Morgan fingerprint density at radius 2 is 1.88 bits per heavy atom. The van der Waals surface area contributed by atoms with Crippen LogP contribution in [0.3, 0.4) is 0 Å². The number of hydrogen-bond acceptors (Lipinski definition) is 3. The minimum atomic E-state index is -0.388. The predicted molar refractivity (Wildman–Crippen MR) is 58.2 cm³/mol. The molecule has 0 aromatic carbocycles. The molecule has 0 saturated heterocycles. The smallest absolute Gasteiger partial charge is 0.220 e. The minimum Gasteiger partial charge on any atom is -0.369 e. The van der Waals surface area contributed by atoms with E-state index in [0.29, 0.717) is 6.42 Å². The standard InChI is InChI=1S/C11H18N2O3/c12-10(14)8-3-6-11(7-4-8)5-1-2-9(11)13(15)16/h8-9H,1-7H2,(H2,12,14). The van der Waals surface area contributed by atoms with Crippen LogP contribution in [0.15, 0.2) is 0 Å². The molecule has 0 radical (unpaired) electrons. The Hall–Kier alpha value is -1.13. The molecule has 1 spiro atoms. The molecule has 0 bridgehead atoms. The highest BCUT2D eigenvalue weighted by Crippen LogP contribution is 2.51. The fourth-order valence-electron chi connectivity index (χ4n) is 3.51. The van der Waals surface area contributed by atoms with Gasteiger partial charge in [-0.3, -0.25) is 14.9 Å². The maximum absolute atomic E-state index is 11.1. The number of amides is 1. The van der Waals surface area contributed by atoms with Gasteiger partial charge in [-0.15, -0.1) is 0 Å². The molecular formula is C11H18N2O3. The Balaban J connectivity index is 2.05. The molecule has 0 aliphatic heterocycles. The van der Waals surface area contributed by atoms with Crippen molar-refractivity contribution < 1.29 is 9.72 Å². The Labute approximate surface area is 94.5 Å². The molecule has 2 rings (SSSR count). The van der Waals surface area contributed by atoms with Crippen LogP contribution in [0.25, 0.3) is 0 Å². The molecule has 2 N–H and O–H groups in total. The Kier molecular flexibility index (Phi) is 2.86. The zero-order chi connectivity index (χ0) is 11.8. The second-order valence-electron chi connectivity index (χ2n) is 5.23. The second kappa shape index (κ2) is 4.03. The highest BCUT2D eigenvalue weighted by atomic mass is 16.6. The number of hydrogen-bond donors (Lipinski definition) is 1. The summed E-state index contributed by atoms with van der Waals surface area (Å²) in [5.74, 6) is -0.302. The molecule has 16 heavy (non-hydrogen) atoms. The average molecular weight is 226 g/mol. The summed E-state index contributed by atoms with van der Waals surface area (Å²) < 4.78 is 0. The zero-order valence-corrected chi connectivity index (χ0v) is 9.35. The highest BCUT2D eigenvalue weighted by molar-refractivity contribution is 5.76. The number of carbonyl (C=O) groups is 1. The third-order valence-electron chi connectivity index (χ3n) is 4.50. The molecule has 0 heterocycles. The van der Waals surface area contributed by atoms with Crippen molar-refractivity contribution in [1.29, 1.82) is 0 Å². The number of primary amides is 1. The fourth-order valence-corrected chi connectivity index (χ4v) is 3.51. The van der Waals surface area contributed by atoms with Crippen LogP contribution < -0.4 is 5.73 Å². The fraction of sp³-hybridized carbons (Fsp3) is 0.909. The summed E-state index contributed by atoms with van der Waals surface area (Å²) in [6, 6.07) is -0.388. The number of carbonyl (C=O) groups excluding carboxylic acids is 1. The van der Waals surface area contributed by atoms with Gasteiger partial charge in [-0.2, -0.15) is 0 Å². The molecule has 0 aromatic rings. The van der Waals surface area contributed by atoms with Gasteiger partial charge in [-0.25, -0.2) is 0 Å². The maximum Gasteiger partial charge on any atom is 0.220 e. The van der Waals surface area contributed by atoms with Gasteiger partial charge in [0, 0.05) is 22.7 Å². The molecule has 2 aliphatic rings. The van der Waals surface area contributed by atoms with Crippen molar-refractivity contribution in [2.75, 3.05) is 0 Å². The molecular weight excluding hydrogens is 208 g/mol. The van der Waals surface area contributed by atoms with Crippen LogP contribution in [0.4, 0.5) is 0 Å². The topological polar surface area (TPSA) is 86.2 Å². The molecule has 90 valence electrons. The van der Waals surface area contributed by atoms with Gasteiger partial charge < -0.3 is 5.73 Å². The molecule has 1 amide bonds. The number of nitro groups is 1. The van der Waals surface area contributed by atoms with Crippen LogP contribution in [0.2, 0.25) is 0 Å². The lowest BCUT2D eigenvalue weighted by molar-refractivity contribution is -0.540. The Morgan fingerprint density at radius 1 is 1.25 bits per heavy atom. The molecule has 1 atom stereocenters. The van der Waals surface area contributed by atoms with Crippen LogP contribution in [-0.2, 0) is 4.79 Å². The monoisotopic (exact) mass is 226 g/mol. The lowest BCUT2D eigenvalue weighted by atomic mass is 9.67. The predicted octanol–water partition coefficient (Wildman–Crippen LogP) is 1.48. The van der Waals surface area contributed by atoms with Gasteiger partial charge in [-0.05, 0) is 38.5 Å². The summed E-state index contributed by atoms with van der Waals surface area (Å²) in [6.07, 6.45) is 5.67. The van der Waals surface area contributed by atoms with E-state index < -0.39 is 0 Å². The van der Waals surface area contributed by atoms with Gasteiger partial charge >= 0.3 is 0 Å². The Bertz CT molecular complexity index is 308. The lowest BCUT2D eigenvalue weighted by Gasteiger charge is -2.36. The van der Waals surface area contributed by atoms with E-state index in [1.54, 1.807) is 0 Å². The molecule has 2 aliphatic carbocycles. The van der Waals surface area contributed by atoms with E-state index in [2.05, 4.69) is 0 Å². The van der Waals surface area contributed by atoms with E-state index in [4.69, 9.17) is 5.73 Å². The molecule has 5 heteroatoms. The molecule has 0 aromatic heterocycles. The van der Waals surface area contributed by atoms with Crippen molar-refractivity contribution in [3.63, 3.8) is 0 Å². The summed E-state index contributed by atoms with van der Waals surface area (Å²) in [6.45, 7) is 0. The van der Waals surface area contributed by atoms with Crippen LogP contribution in [0.5, 0.6) is 0 Å². The first kappa shape index (κ1) is 11.4. The maximum atomic E-state index is 11.1. The van der Waals surface area contributed by atoms with Crippen molar-refractivity contribution in [3.05, 3.63) is 10.1 Å². The first-order chi connectivity index (χ1) is 7.55. The summed E-state index contributed by atoms with van der Waals surface area (Å²) in [7, 11) is 0. The van der Waals surface area contributed by atoms with Gasteiger partial charge in [0.2, 0.25) is 11.9 Å². The van der Waals surface area contributed by atoms with E-state index in [-0.39, 0.29) is 28.2 Å². The third kappa shape index (κ3) is 1.79. The first-order valence-corrected chi connectivity index (χ1v) is 5.98. The van der Waals surface area contributed by atoms with E-state index in [0.717, 1.165) is 38.5 Å². The van der Waals surface area contributed by atoms with E-state index >= 15 is 0 Å².